The van der Waals surface area contributed by atoms with Crippen molar-refractivity contribution in [2.75, 3.05) is 0 Å². The standard InChI is InChI=1S/C14H12BrF3N2/c15-11-5-6-12(17)10(14(11)18)7-13(20-19)8-1-3-9(16)4-2-8/h1-6,13,20H,7,19H2. The first kappa shape index (κ1) is 15.0. The third-order valence-electron chi connectivity index (χ3n) is 3.02. The maximum atomic E-state index is 13.9. The Kier molecular flexibility index (Phi) is 4.80. The Morgan fingerprint density at radius 2 is 1.70 bits per heavy atom. The molecule has 0 fully saturated rings. The molecule has 6 heteroatoms. The maximum absolute atomic E-state index is 13.9. The molecule has 0 aliphatic heterocycles. The van der Waals surface area contributed by atoms with Gasteiger partial charge in [0.15, 0.2) is 0 Å². The van der Waals surface area contributed by atoms with Crippen molar-refractivity contribution in [1.82, 2.24) is 5.43 Å². The minimum atomic E-state index is -0.660. The third-order valence-corrected chi connectivity index (χ3v) is 3.63. The van der Waals surface area contributed by atoms with Crippen molar-refractivity contribution < 1.29 is 13.2 Å². The molecule has 3 N–H and O–H groups in total. The number of nitrogens with one attached hydrogen (secondary N) is 1. The fourth-order valence-corrected chi connectivity index (χ4v) is 2.30. The van der Waals surface area contributed by atoms with Crippen LogP contribution in [-0.4, -0.2) is 0 Å². The van der Waals surface area contributed by atoms with Gasteiger partial charge in [0.05, 0.1) is 10.5 Å². The van der Waals surface area contributed by atoms with E-state index in [9.17, 15) is 13.2 Å². The summed E-state index contributed by atoms with van der Waals surface area (Å²) in [5.41, 5.74) is 3.06. The Morgan fingerprint density at radius 3 is 2.30 bits per heavy atom. The van der Waals surface area contributed by atoms with E-state index >= 15 is 0 Å². The lowest BCUT2D eigenvalue weighted by Gasteiger charge is -2.17. The first-order chi connectivity index (χ1) is 9.52. The fourth-order valence-electron chi connectivity index (χ4n) is 1.93. The van der Waals surface area contributed by atoms with Crippen LogP contribution in [0.5, 0.6) is 0 Å². The van der Waals surface area contributed by atoms with Gasteiger partial charge in [-0.2, -0.15) is 0 Å². The molecule has 0 heterocycles. The van der Waals surface area contributed by atoms with Crippen LogP contribution in [0.2, 0.25) is 0 Å². The summed E-state index contributed by atoms with van der Waals surface area (Å²) in [6, 6.07) is 7.55. The molecule has 2 rings (SSSR count). The number of benzene rings is 2. The third kappa shape index (κ3) is 3.20. The molecule has 1 unspecified atom stereocenters. The molecule has 0 saturated carbocycles. The average Bonchev–Trinajstić information content (AvgIpc) is 2.45. The van der Waals surface area contributed by atoms with Gasteiger partial charge in [-0.3, -0.25) is 11.3 Å². The Hall–Kier alpha value is -1.37. The highest BCUT2D eigenvalue weighted by atomic mass is 79.9. The van der Waals surface area contributed by atoms with Crippen molar-refractivity contribution in [2.45, 2.75) is 12.5 Å². The first-order valence-corrected chi connectivity index (χ1v) is 6.66. The minimum Gasteiger partial charge on any atom is -0.271 e. The molecular weight excluding hydrogens is 333 g/mol. The predicted octanol–water partition coefficient (Wildman–Crippen LogP) is 3.61. The zero-order chi connectivity index (χ0) is 14.7. The number of hydrogen-bond donors (Lipinski definition) is 2. The summed E-state index contributed by atoms with van der Waals surface area (Å²) in [5, 5.41) is 0. The van der Waals surface area contributed by atoms with E-state index in [4.69, 9.17) is 5.84 Å². The lowest BCUT2D eigenvalue weighted by molar-refractivity contribution is 0.497. The molecule has 1 atom stereocenters. The summed E-state index contributed by atoms with van der Waals surface area (Å²) in [4.78, 5) is 0. The van der Waals surface area contributed by atoms with E-state index in [0.29, 0.717) is 5.56 Å². The summed E-state index contributed by atoms with van der Waals surface area (Å²) in [6.07, 6.45) is 0.0131. The summed E-state index contributed by atoms with van der Waals surface area (Å²) in [5.74, 6) is 3.74. The molecular formula is C14H12BrF3N2. The van der Waals surface area contributed by atoms with Crippen molar-refractivity contribution in [3.05, 3.63) is 69.4 Å². The molecule has 0 aromatic heterocycles. The van der Waals surface area contributed by atoms with E-state index < -0.39 is 17.7 Å². The normalized spacial score (nSPS) is 12.4. The van der Waals surface area contributed by atoms with Crippen molar-refractivity contribution in [3.8, 4) is 0 Å². The van der Waals surface area contributed by atoms with Crippen LogP contribution in [0.1, 0.15) is 17.2 Å². The number of hydrazine groups is 1. The van der Waals surface area contributed by atoms with E-state index in [2.05, 4.69) is 21.4 Å². The SMILES string of the molecule is NNC(Cc1c(F)ccc(Br)c1F)c1ccc(F)cc1. The fraction of sp³-hybridized carbons (Fsp3) is 0.143. The van der Waals surface area contributed by atoms with Gasteiger partial charge < -0.3 is 0 Å². The van der Waals surface area contributed by atoms with Crippen LogP contribution in [0.15, 0.2) is 40.9 Å². The molecule has 0 bridgehead atoms. The van der Waals surface area contributed by atoms with Crippen LogP contribution in [0.4, 0.5) is 13.2 Å². The molecule has 0 amide bonds. The van der Waals surface area contributed by atoms with Gasteiger partial charge in [-0.15, -0.1) is 0 Å². The Labute approximate surface area is 122 Å². The zero-order valence-corrected chi connectivity index (χ0v) is 11.9. The predicted molar refractivity (Wildman–Crippen MR) is 74.2 cm³/mol. The summed E-state index contributed by atoms with van der Waals surface area (Å²) in [6.45, 7) is 0. The maximum Gasteiger partial charge on any atom is 0.143 e. The Balaban J connectivity index is 2.31. The van der Waals surface area contributed by atoms with E-state index in [1.165, 1.54) is 36.4 Å². The second kappa shape index (κ2) is 6.39. The van der Waals surface area contributed by atoms with Gasteiger partial charge in [0.1, 0.15) is 17.5 Å². The summed E-state index contributed by atoms with van der Waals surface area (Å²) in [7, 11) is 0. The van der Waals surface area contributed by atoms with Crippen LogP contribution in [-0.2, 0) is 6.42 Å². The summed E-state index contributed by atoms with van der Waals surface area (Å²) < 4.78 is 40.7. The van der Waals surface area contributed by atoms with Gasteiger partial charge in [-0.05, 0) is 52.2 Å². The van der Waals surface area contributed by atoms with E-state index in [1.54, 1.807) is 0 Å². The molecule has 0 radical (unpaired) electrons. The molecule has 2 aromatic carbocycles. The highest BCUT2D eigenvalue weighted by Crippen LogP contribution is 2.26. The highest BCUT2D eigenvalue weighted by Gasteiger charge is 2.18. The largest absolute Gasteiger partial charge is 0.271 e. The number of nitrogens with two attached hydrogens (primary N) is 1. The average molecular weight is 345 g/mol. The Bertz CT molecular complexity index is 602. The Morgan fingerprint density at radius 1 is 1.05 bits per heavy atom. The topological polar surface area (TPSA) is 38.0 Å². The smallest absolute Gasteiger partial charge is 0.143 e. The molecule has 0 saturated heterocycles. The highest BCUT2D eigenvalue weighted by molar-refractivity contribution is 9.10. The minimum absolute atomic E-state index is 0.0131. The van der Waals surface area contributed by atoms with Gasteiger partial charge in [0, 0.05) is 5.56 Å². The second-order valence-electron chi connectivity index (χ2n) is 4.30. The number of halogens is 4. The molecule has 0 aliphatic rings. The monoisotopic (exact) mass is 344 g/mol. The van der Waals surface area contributed by atoms with Crippen LogP contribution >= 0.6 is 15.9 Å². The molecule has 2 nitrogen and oxygen atoms in total. The lowest BCUT2D eigenvalue weighted by atomic mass is 9.98. The van der Waals surface area contributed by atoms with E-state index in [0.717, 1.165) is 0 Å². The number of rotatable bonds is 4. The molecule has 2 aromatic rings. The van der Waals surface area contributed by atoms with Gasteiger partial charge in [-0.25, -0.2) is 13.2 Å². The van der Waals surface area contributed by atoms with E-state index in [1.807, 2.05) is 0 Å². The first-order valence-electron chi connectivity index (χ1n) is 5.87. The van der Waals surface area contributed by atoms with E-state index in [-0.39, 0.29) is 22.3 Å². The molecule has 0 aliphatic carbocycles. The molecule has 20 heavy (non-hydrogen) atoms. The van der Waals surface area contributed by atoms with Crippen LogP contribution in [0, 0.1) is 17.5 Å². The molecule has 0 spiro atoms. The zero-order valence-electron chi connectivity index (χ0n) is 10.3. The lowest BCUT2D eigenvalue weighted by Crippen LogP contribution is -2.30. The van der Waals surface area contributed by atoms with Gasteiger partial charge in [0.2, 0.25) is 0 Å². The number of hydrogen-bond acceptors (Lipinski definition) is 2. The van der Waals surface area contributed by atoms with Crippen molar-refractivity contribution in [1.29, 1.82) is 0 Å². The molecule has 106 valence electrons. The van der Waals surface area contributed by atoms with Crippen molar-refractivity contribution in [3.63, 3.8) is 0 Å². The van der Waals surface area contributed by atoms with Crippen LogP contribution in [0.3, 0.4) is 0 Å². The van der Waals surface area contributed by atoms with Crippen molar-refractivity contribution in [2.24, 2.45) is 5.84 Å². The second-order valence-corrected chi connectivity index (χ2v) is 5.15. The summed E-state index contributed by atoms with van der Waals surface area (Å²) >= 11 is 3.01. The van der Waals surface area contributed by atoms with Gasteiger partial charge in [-0.1, -0.05) is 12.1 Å². The van der Waals surface area contributed by atoms with Crippen molar-refractivity contribution >= 4 is 15.9 Å². The van der Waals surface area contributed by atoms with Gasteiger partial charge in [0.25, 0.3) is 0 Å². The van der Waals surface area contributed by atoms with Crippen LogP contribution in [0.25, 0.3) is 0 Å². The quantitative estimate of drug-likeness (QED) is 0.505. The van der Waals surface area contributed by atoms with Gasteiger partial charge >= 0.3 is 0 Å². The van der Waals surface area contributed by atoms with Crippen LogP contribution < -0.4 is 11.3 Å².